The summed E-state index contributed by atoms with van der Waals surface area (Å²) in [6, 6.07) is 20.7. The molecule has 1 unspecified atom stereocenters. The summed E-state index contributed by atoms with van der Waals surface area (Å²) in [4.78, 5) is 53.5. The molecular formula is C27H25N3O6. The first kappa shape index (κ1) is 24.5. The molecule has 1 saturated heterocycles. The number of nitrogens with zero attached hydrogens (tertiary/aromatic N) is 2. The summed E-state index contributed by atoms with van der Waals surface area (Å²) in [5.74, 6) is -1.38. The fourth-order valence-corrected chi connectivity index (χ4v) is 3.86. The molecule has 3 aromatic carbocycles. The van der Waals surface area contributed by atoms with Gasteiger partial charge in [0.25, 0.3) is 17.7 Å². The molecule has 0 saturated carbocycles. The minimum atomic E-state index is -1.24. The Labute approximate surface area is 208 Å². The van der Waals surface area contributed by atoms with Gasteiger partial charge >= 0.3 is 0 Å². The van der Waals surface area contributed by atoms with E-state index in [-0.39, 0.29) is 6.42 Å². The van der Waals surface area contributed by atoms with E-state index in [2.05, 4.69) is 5.43 Å². The standard InChI is InChI=1S/C27H25N3O6/c1-18-8-6-7-11-22(18)26(33)28-30(25(32)17-36-21-9-4-3-5-10-21)23-16-24(31)29(27(23)34)19-12-14-20(35-2)15-13-19/h3-15,23H,16-17H2,1-2H3,(H,28,33). The van der Waals surface area contributed by atoms with Crippen LogP contribution < -0.4 is 19.8 Å². The van der Waals surface area contributed by atoms with Crippen molar-refractivity contribution in [2.24, 2.45) is 0 Å². The normalized spacial score (nSPS) is 14.9. The third-order valence-electron chi connectivity index (χ3n) is 5.75. The second-order valence-corrected chi connectivity index (χ2v) is 8.11. The highest BCUT2D eigenvalue weighted by atomic mass is 16.5. The van der Waals surface area contributed by atoms with Gasteiger partial charge in [-0.2, -0.15) is 0 Å². The van der Waals surface area contributed by atoms with Gasteiger partial charge in [0.05, 0.1) is 19.2 Å². The van der Waals surface area contributed by atoms with Gasteiger partial charge in [-0.3, -0.25) is 24.6 Å². The number of benzene rings is 3. The molecule has 9 heteroatoms. The van der Waals surface area contributed by atoms with Crippen molar-refractivity contribution in [2.75, 3.05) is 18.6 Å². The Morgan fingerprint density at radius 1 is 0.944 bits per heavy atom. The lowest BCUT2D eigenvalue weighted by Gasteiger charge is -2.28. The van der Waals surface area contributed by atoms with Crippen molar-refractivity contribution in [1.29, 1.82) is 0 Å². The number of aryl methyl sites for hydroxylation is 1. The maximum Gasteiger partial charge on any atom is 0.279 e. The Hall–Kier alpha value is -4.66. The number of anilines is 1. The predicted octanol–water partition coefficient (Wildman–Crippen LogP) is 2.89. The fourth-order valence-electron chi connectivity index (χ4n) is 3.86. The SMILES string of the molecule is COc1ccc(N2C(=O)CC(N(NC(=O)c3ccccc3C)C(=O)COc3ccccc3)C2=O)cc1. The number of imide groups is 1. The third kappa shape index (κ3) is 5.20. The van der Waals surface area contributed by atoms with Crippen LogP contribution in [0, 0.1) is 6.92 Å². The predicted molar refractivity (Wildman–Crippen MR) is 131 cm³/mol. The van der Waals surface area contributed by atoms with E-state index < -0.39 is 36.3 Å². The first-order chi connectivity index (χ1) is 17.4. The largest absolute Gasteiger partial charge is 0.497 e. The lowest BCUT2D eigenvalue weighted by Crippen LogP contribution is -2.56. The molecule has 4 rings (SSSR count). The third-order valence-corrected chi connectivity index (χ3v) is 5.75. The molecule has 1 aliphatic heterocycles. The van der Waals surface area contributed by atoms with Crippen LogP contribution in [0.4, 0.5) is 5.69 Å². The van der Waals surface area contributed by atoms with E-state index in [0.717, 1.165) is 9.91 Å². The van der Waals surface area contributed by atoms with Gasteiger partial charge in [0, 0.05) is 5.56 Å². The van der Waals surface area contributed by atoms with E-state index in [1.807, 2.05) is 0 Å². The molecular weight excluding hydrogens is 462 g/mol. The molecule has 184 valence electrons. The molecule has 9 nitrogen and oxygen atoms in total. The second kappa shape index (κ2) is 10.7. The molecule has 1 N–H and O–H groups in total. The van der Waals surface area contributed by atoms with Crippen LogP contribution in [-0.2, 0) is 14.4 Å². The van der Waals surface area contributed by atoms with Gasteiger partial charge in [-0.15, -0.1) is 0 Å². The number of carbonyl (C=O) groups is 4. The van der Waals surface area contributed by atoms with Crippen molar-refractivity contribution >= 4 is 29.3 Å². The number of hydrogen-bond donors (Lipinski definition) is 1. The summed E-state index contributed by atoms with van der Waals surface area (Å²) in [6.07, 6.45) is -0.296. The van der Waals surface area contributed by atoms with Crippen molar-refractivity contribution in [3.05, 3.63) is 90.0 Å². The van der Waals surface area contributed by atoms with Gasteiger partial charge in [-0.1, -0.05) is 36.4 Å². The van der Waals surface area contributed by atoms with Crippen molar-refractivity contribution < 1.29 is 28.7 Å². The minimum absolute atomic E-state index is 0.296. The monoisotopic (exact) mass is 487 g/mol. The Balaban J connectivity index is 1.59. The summed E-state index contributed by atoms with van der Waals surface area (Å²) in [7, 11) is 1.51. The lowest BCUT2D eigenvalue weighted by atomic mass is 10.1. The molecule has 1 heterocycles. The van der Waals surface area contributed by atoms with E-state index in [0.29, 0.717) is 28.3 Å². The minimum Gasteiger partial charge on any atom is -0.497 e. The van der Waals surface area contributed by atoms with Gasteiger partial charge in [-0.25, -0.2) is 9.91 Å². The summed E-state index contributed by atoms with van der Waals surface area (Å²) < 4.78 is 10.7. The molecule has 4 amide bonds. The second-order valence-electron chi connectivity index (χ2n) is 8.11. The zero-order chi connectivity index (χ0) is 25.7. The Kier molecular flexibility index (Phi) is 7.29. The average molecular weight is 488 g/mol. The average Bonchev–Trinajstić information content (AvgIpc) is 3.19. The van der Waals surface area contributed by atoms with Crippen LogP contribution in [0.2, 0.25) is 0 Å². The molecule has 0 bridgehead atoms. The zero-order valence-electron chi connectivity index (χ0n) is 19.8. The number of para-hydroxylation sites is 1. The number of hydrogen-bond acceptors (Lipinski definition) is 6. The lowest BCUT2D eigenvalue weighted by molar-refractivity contribution is -0.142. The van der Waals surface area contributed by atoms with Crippen LogP contribution in [0.5, 0.6) is 11.5 Å². The first-order valence-electron chi connectivity index (χ1n) is 11.3. The highest BCUT2D eigenvalue weighted by Gasteiger charge is 2.45. The molecule has 0 spiro atoms. The quantitative estimate of drug-likeness (QED) is 0.406. The van der Waals surface area contributed by atoms with Gasteiger partial charge in [0.15, 0.2) is 6.61 Å². The zero-order valence-corrected chi connectivity index (χ0v) is 19.8. The number of ether oxygens (including phenoxy) is 2. The van der Waals surface area contributed by atoms with Crippen molar-refractivity contribution in [3.8, 4) is 11.5 Å². The van der Waals surface area contributed by atoms with E-state index in [4.69, 9.17) is 9.47 Å². The van der Waals surface area contributed by atoms with E-state index in [1.54, 1.807) is 85.8 Å². The van der Waals surface area contributed by atoms with Crippen molar-refractivity contribution in [2.45, 2.75) is 19.4 Å². The highest BCUT2D eigenvalue weighted by molar-refractivity contribution is 6.23. The Morgan fingerprint density at radius 3 is 2.28 bits per heavy atom. The Morgan fingerprint density at radius 2 is 1.61 bits per heavy atom. The van der Waals surface area contributed by atoms with Crippen LogP contribution in [0.1, 0.15) is 22.3 Å². The van der Waals surface area contributed by atoms with Crippen molar-refractivity contribution in [1.82, 2.24) is 10.4 Å². The number of amides is 4. The maximum absolute atomic E-state index is 13.4. The smallest absolute Gasteiger partial charge is 0.279 e. The van der Waals surface area contributed by atoms with Crippen LogP contribution >= 0.6 is 0 Å². The van der Waals surface area contributed by atoms with Crippen LogP contribution in [0.25, 0.3) is 0 Å². The molecule has 0 aromatic heterocycles. The van der Waals surface area contributed by atoms with Crippen molar-refractivity contribution in [3.63, 3.8) is 0 Å². The van der Waals surface area contributed by atoms with Gasteiger partial charge in [0.1, 0.15) is 17.5 Å². The van der Waals surface area contributed by atoms with E-state index in [9.17, 15) is 19.2 Å². The fraction of sp³-hybridized carbons (Fsp3) is 0.185. The Bertz CT molecular complexity index is 1280. The molecule has 3 aromatic rings. The summed E-state index contributed by atoms with van der Waals surface area (Å²) in [6.45, 7) is 1.31. The van der Waals surface area contributed by atoms with Crippen LogP contribution in [0.3, 0.4) is 0 Å². The van der Waals surface area contributed by atoms with E-state index >= 15 is 0 Å². The first-order valence-corrected chi connectivity index (χ1v) is 11.3. The molecule has 1 atom stereocenters. The highest BCUT2D eigenvalue weighted by Crippen LogP contribution is 2.27. The van der Waals surface area contributed by atoms with Crippen LogP contribution in [-0.4, -0.2) is 48.4 Å². The molecule has 1 fully saturated rings. The summed E-state index contributed by atoms with van der Waals surface area (Å²) >= 11 is 0. The molecule has 0 radical (unpaired) electrons. The number of carbonyl (C=O) groups excluding carboxylic acids is 4. The van der Waals surface area contributed by atoms with E-state index in [1.165, 1.54) is 7.11 Å². The number of methoxy groups -OCH3 is 1. The summed E-state index contributed by atoms with van der Waals surface area (Å²) in [5.41, 5.74) is 3.91. The van der Waals surface area contributed by atoms with Crippen LogP contribution in [0.15, 0.2) is 78.9 Å². The molecule has 1 aliphatic rings. The number of rotatable bonds is 7. The molecule has 0 aliphatic carbocycles. The number of hydrazine groups is 1. The topological polar surface area (TPSA) is 105 Å². The van der Waals surface area contributed by atoms with Gasteiger partial charge in [0.2, 0.25) is 5.91 Å². The summed E-state index contributed by atoms with van der Waals surface area (Å²) in [5, 5.41) is 0.904. The van der Waals surface area contributed by atoms with Gasteiger partial charge in [-0.05, 0) is 55.0 Å². The number of nitrogens with one attached hydrogen (secondary N) is 1. The van der Waals surface area contributed by atoms with Gasteiger partial charge < -0.3 is 9.47 Å². The molecule has 36 heavy (non-hydrogen) atoms. The maximum atomic E-state index is 13.4.